The standard InChI is InChI=1S/C12H21ClN4O/c1-8(2)6-5-7-14-11-15-10(13)16-12(17-11)18-9(3)4/h8-9H,5-7H2,1-4H3,(H,14,15,16,17). The van der Waals surface area contributed by atoms with Gasteiger partial charge < -0.3 is 10.1 Å². The minimum Gasteiger partial charge on any atom is -0.461 e. The minimum atomic E-state index is 0.0113. The zero-order valence-electron chi connectivity index (χ0n) is 11.4. The van der Waals surface area contributed by atoms with Gasteiger partial charge in [-0.3, -0.25) is 0 Å². The number of rotatable bonds is 7. The van der Waals surface area contributed by atoms with E-state index in [1.165, 1.54) is 6.42 Å². The first-order valence-electron chi connectivity index (χ1n) is 6.29. The van der Waals surface area contributed by atoms with Gasteiger partial charge >= 0.3 is 6.01 Å². The van der Waals surface area contributed by atoms with Crippen LogP contribution in [0.25, 0.3) is 0 Å². The lowest BCUT2D eigenvalue weighted by Crippen LogP contribution is -2.12. The quantitative estimate of drug-likeness (QED) is 0.773. The van der Waals surface area contributed by atoms with Crippen molar-refractivity contribution in [3.8, 4) is 6.01 Å². The number of hydrogen-bond acceptors (Lipinski definition) is 5. The summed E-state index contributed by atoms with van der Waals surface area (Å²) in [4.78, 5) is 12.1. The average molecular weight is 273 g/mol. The molecule has 0 saturated heterocycles. The number of aromatic nitrogens is 3. The van der Waals surface area contributed by atoms with E-state index in [0.717, 1.165) is 13.0 Å². The van der Waals surface area contributed by atoms with Crippen molar-refractivity contribution in [2.75, 3.05) is 11.9 Å². The van der Waals surface area contributed by atoms with Crippen LogP contribution in [0.4, 0.5) is 5.95 Å². The summed E-state index contributed by atoms with van der Waals surface area (Å²) in [5, 5.41) is 3.27. The van der Waals surface area contributed by atoms with Gasteiger partial charge in [0.25, 0.3) is 0 Å². The van der Waals surface area contributed by atoms with E-state index in [1.54, 1.807) is 0 Å². The van der Waals surface area contributed by atoms with Crippen LogP contribution >= 0.6 is 11.6 Å². The first kappa shape index (κ1) is 15.0. The Balaban J connectivity index is 2.51. The topological polar surface area (TPSA) is 59.9 Å². The highest BCUT2D eigenvalue weighted by Crippen LogP contribution is 2.13. The largest absolute Gasteiger partial charge is 0.461 e. The number of halogens is 1. The fourth-order valence-corrected chi connectivity index (χ4v) is 1.54. The Morgan fingerprint density at radius 3 is 2.50 bits per heavy atom. The molecule has 0 aromatic carbocycles. The molecule has 0 spiro atoms. The van der Waals surface area contributed by atoms with E-state index in [4.69, 9.17) is 16.3 Å². The molecule has 18 heavy (non-hydrogen) atoms. The maximum absolute atomic E-state index is 5.81. The molecule has 6 heteroatoms. The van der Waals surface area contributed by atoms with Crippen LogP contribution in [0.15, 0.2) is 0 Å². The Hall–Kier alpha value is -1.10. The number of nitrogens with zero attached hydrogens (tertiary/aromatic N) is 3. The fraction of sp³-hybridized carbons (Fsp3) is 0.750. The lowest BCUT2D eigenvalue weighted by Gasteiger charge is -2.10. The molecule has 0 bridgehead atoms. The molecule has 102 valence electrons. The summed E-state index contributed by atoms with van der Waals surface area (Å²) in [6, 6.07) is 0.261. The zero-order valence-corrected chi connectivity index (χ0v) is 12.2. The second-order valence-electron chi connectivity index (χ2n) is 4.84. The minimum absolute atomic E-state index is 0.0113. The van der Waals surface area contributed by atoms with Crippen molar-refractivity contribution in [1.29, 1.82) is 0 Å². The summed E-state index contributed by atoms with van der Waals surface area (Å²) in [6.07, 6.45) is 2.25. The number of ether oxygens (including phenoxy) is 1. The van der Waals surface area contributed by atoms with Gasteiger partial charge in [0.2, 0.25) is 11.2 Å². The Bertz CT molecular complexity index is 371. The molecule has 1 rings (SSSR count). The molecular formula is C12H21ClN4O. The van der Waals surface area contributed by atoms with Crippen molar-refractivity contribution in [3.05, 3.63) is 5.28 Å². The molecule has 0 atom stereocenters. The van der Waals surface area contributed by atoms with Crippen molar-refractivity contribution in [2.45, 2.75) is 46.6 Å². The predicted octanol–water partition coefficient (Wildman–Crippen LogP) is 3.16. The summed E-state index contributed by atoms with van der Waals surface area (Å²) in [7, 11) is 0. The van der Waals surface area contributed by atoms with Gasteiger partial charge in [0.05, 0.1) is 6.10 Å². The molecule has 0 unspecified atom stereocenters. The second kappa shape index (κ2) is 7.36. The summed E-state index contributed by atoms with van der Waals surface area (Å²) >= 11 is 5.81. The Morgan fingerprint density at radius 1 is 1.17 bits per heavy atom. The van der Waals surface area contributed by atoms with Crippen molar-refractivity contribution in [1.82, 2.24) is 15.0 Å². The van der Waals surface area contributed by atoms with Crippen LogP contribution in [0.5, 0.6) is 6.01 Å². The molecule has 5 nitrogen and oxygen atoms in total. The molecule has 0 aliphatic heterocycles. The van der Waals surface area contributed by atoms with E-state index in [9.17, 15) is 0 Å². The third-order valence-corrected chi connectivity index (χ3v) is 2.34. The van der Waals surface area contributed by atoms with Gasteiger partial charge in [-0.05, 0) is 44.2 Å². The zero-order chi connectivity index (χ0) is 13.5. The van der Waals surface area contributed by atoms with Gasteiger partial charge in [-0.1, -0.05) is 13.8 Å². The molecule has 0 radical (unpaired) electrons. The molecule has 0 aliphatic carbocycles. The molecule has 1 N–H and O–H groups in total. The van der Waals surface area contributed by atoms with Crippen molar-refractivity contribution in [3.63, 3.8) is 0 Å². The van der Waals surface area contributed by atoms with Crippen LogP contribution in [-0.2, 0) is 0 Å². The first-order chi connectivity index (χ1) is 8.47. The highest BCUT2D eigenvalue weighted by molar-refractivity contribution is 6.28. The lowest BCUT2D eigenvalue weighted by atomic mass is 10.1. The number of nitrogens with one attached hydrogen (secondary N) is 1. The third-order valence-electron chi connectivity index (χ3n) is 2.17. The molecular weight excluding hydrogens is 252 g/mol. The fourth-order valence-electron chi connectivity index (χ4n) is 1.38. The van der Waals surface area contributed by atoms with Crippen molar-refractivity contribution < 1.29 is 4.74 Å². The molecule has 1 aromatic rings. The first-order valence-corrected chi connectivity index (χ1v) is 6.67. The predicted molar refractivity (Wildman–Crippen MR) is 73.2 cm³/mol. The summed E-state index contributed by atoms with van der Waals surface area (Å²) in [5.74, 6) is 1.17. The Morgan fingerprint density at radius 2 is 1.89 bits per heavy atom. The normalized spacial score (nSPS) is 11.1. The van der Waals surface area contributed by atoms with Crippen LogP contribution in [0.1, 0.15) is 40.5 Å². The van der Waals surface area contributed by atoms with E-state index in [2.05, 4.69) is 34.1 Å². The maximum Gasteiger partial charge on any atom is 0.322 e. The summed E-state index contributed by atoms with van der Waals surface area (Å²) in [5.41, 5.74) is 0. The number of anilines is 1. The van der Waals surface area contributed by atoms with Gasteiger partial charge in [0, 0.05) is 6.54 Å². The molecule has 0 aliphatic rings. The van der Waals surface area contributed by atoms with Crippen LogP contribution in [0, 0.1) is 5.92 Å². The Kier molecular flexibility index (Phi) is 6.12. The van der Waals surface area contributed by atoms with Crippen molar-refractivity contribution in [2.24, 2.45) is 5.92 Å². The molecule has 1 aromatic heterocycles. The second-order valence-corrected chi connectivity index (χ2v) is 5.18. The van der Waals surface area contributed by atoms with Gasteiger partial charge in [-0.2, -0.15) is 15.0 Å². The van der Waals surface area contributed by atoms with Crippen LogP contribution in [-0.4, -0.2) is 27.6 Å². The smallest absolute Gasteiger partial charge is 0.322 e. The molecule has 0 saturated carbocycles. The highest BCUT2D eigenvalue weighted by atomic mass is 35.5. The summed E-state index contributed by atoms with van der Waals surface area (Å²) < 4.78 is 5.39. The highest BCUT2D eigenvalue weighted by Gasteiger charge is 2.07. The molecule has 0 fully saturated rings. The van der Waals surface area contributed by atoms with Gasteiger partial charge in [-0.25, -0.2) is 0 Å². The van der Waals surface area contributed by atoms with Crippen molar-refractivity contribution >= 4 is 17.5 Å². The number of hydrogen-bond donors (Lipinski definition) is 1. The maximum atomic E-state index is 5.81. The SMILES string of the molecule is CC(C)CCCNc1nc(Cl)nc(OC(C)C)n1. The van der Waals surface area contributed by atoms with E-state index in [-0.39, 0.29) is 17.4 Å². The van der Waals surface area contributed by atoms with Crippen LogP contribution in [0.3, 0.4) is 0 Å². The lowest BCUT2D eigenvalue weighted by molar-refractivity contribution is 0.222. The molecule has 0 amide bonds. The van der Waals surface area contributed by atoms with Gasteiger partial charge in [-0.15, -0.1) is 0 Å². The van der Waals surface area contributed by atoms with E-state index >= 15 is 0 Å². The van der Waals surface area contributed by atoms with Gasteiger partial charge in [0.15, 0.2) is 0 Å². The van der Waals surface area contributed by atoms with Gasteiger partial charge in [0.1, 0.15) is 0 Å². The third kappa shape index (κ3) is 6.00. The summed E-state index contributed by atoms with van der Waals surface area (Å²) in [6.45, 7) is 9.04. The van der Waals surface area contributed by atoms with Crippen LogP contribution in [0.2, 0.25) is 5.28 Å². The van der Waals surface area contributed by atoms with E-state index in [0.29, 0.717) is 11.9 Å². The monoisotopic (exact) mass is 272 g/mol. The average Bonchev–Trinajstić information content (AvgIpc) is 2.22. The van der Waals surface area contributed by atoms with E-state index in [1.807, 2.05) is 13.8 Å². The Labute approximate surface area is 113 Å². The van der Waals surface area contributed by atoms with Crippen LogP contribution < -0.4 is 10.1 Å². The van der Waals surface area contributed by atoms with E-state index < -0.39 is 0 Å². The molecule has 1 heterocycles.